The highest BCUT2D eigenvalue weighted by Gasteiger charge is 2.32. The van der Waals surface area contributed by atoms with Gasteiger partial charge in [0, 0.05) is 19.6 Å². The molecule has 1 fully saturated rings. The van der Waals surface area contributed by atoms with Crippen molar-refractivity contribution >= 4 is 0 Å². The average molecular weight is 250 g/mol. The molecule has 18 heavy (non-hydrogen) atoms. The lowest BCUT2D eigenvalue weighted by molar-refractivity contribution is 0.0900. The Bertz CT molecular complexity index is 297. The number of likely N-dealkylation sites (N-methyl/N-ethyl adjacent to an activating group) is 1. The Morgan fingerprint density at radius 3 is 2.50 bits per heavy atom. The Morgan fingerprint density at radius 1 is 1.17 bits per heavy atom. The molecule has 0 radical (unpaired) electrons. The van der Waals surface area contributed by atoms with Crippen LogP contribution in [0.3, 0.4) is 0 Å². The Labute approximate surface area is 113 Å². The van der Waals surface area contributed by atoms with Crippen LogP contribution in [-0.2, 0) is 0 Å². The van der Waals surface area contributed by atoms with E-state index in [2.05, 4.69) is 43.6 Å². The van der Waals surface area contributed by atoms with Crippen molar-refractivity contribution < 1.29 is 0 Å². The van der Waals surface area contributed by atoms with Crippen molar-refractivity contribution in [3.63, 3.8) is 0 Å². The summed E-state index contributed by atoms with van der Waals surface area (Å²) in [6.07, 6.45) is 3.97. The number of hydrogen-bond acceptors (Lipinski definition) is 2. The minimum Gasteiger partial charge on any atom is -0.303 e. The predicted molar refractivity (Wildman–Crippen MR) is 78.7 cm³/mol. The first-order valence-electron chi connectivity index (χ1n) is 7.76. The van der Waals surface area contributed by atoms with Crippen molar-refractivity contribution in [2.45, 2.75) is 34.1 Å². The van der Waals surface area contributed by atoms with E-state index in [4.69, 9.17) is 0 Å². The minimum absolute atomic E-state index is 0.799. The van der Waals surface area contributed by atoms with Gasteiger partial charge in [0.25, 0.3) is 0 Å². The first-order chi connectivity index (χ1) is 8.63. The van der Waals surface area contributed by atoms with Gasteiger partial charge in [-0.25, -0.2) is 0 Å². The minimum atomic E-state index is 0.799. The maximum Gasteiger partial charge on any atom is 0.0190 e. The number of piperidine rings is 1. The van der Waals surface area contributed by atoms with Gasteiger partial charge in [-0.2, -0.15) is 0 Å². The quantitative estimate of drug-likeness (QED) is 0.711. The lowest BCUT2D eigenvalue weighted by atomic mass is 9.75. The van der Waals surface area contributed by atoms with E-state index < -0.39 is 0 Å². The fourth-order valence-corrected chi connectivity index (χ4v) is 3.86. The van der Waals surface area contributed by atoms with E-state index in [0.717, 1.165) is 17.8 Å². The summed E-state index contributed by atoms with van der Waals surface area (Å²) < 4.78 is 0. The van der Waals surface area contributed by atoms with Crippen LogP contribution >= 0.6 is 0 Å². The molecule has 0 saturated carbocycles. The fourth-order valence-electron chi connectivity index (χ4n) is 3.86. The van der Waals surface area contributed by atoms with Crippen LogP contribution in [0.25, 0.3) is 0 Å². The molecular formula is C16H30N2. The second kappa shape index (κ2) is 6.21. The van der Waals surface area contributed by atoms with E-state index in [1.165, 1.54) is 45.7 Å². The van der Waals surface area contributed by atoms with Gasteiger partial charge in [-0.15, -0.1) is 0 Å². The van der Waals surface area contributed by atoms with Crippen LogP contribution in [-0.4, -0.2) is 49.1 Å². The molecule has 1 saturated heterocycles. The summed E-state index contributed by atoms with van der Waals surface area (Å²) in [5.41, 5.74) is 1.58. The van der Waals surface area contributed by atoms with E-state index in [1.807, 2.05) is 0 Å². The van der Waals surface area contributed by atoms with Crippen molar-refractivity contribution in [1.82, 2.24) is 9.80 Å². The third-order valence-electron chi connectivity index (χ3n) is 4.94. The molecule has 0 aromatic heterocycles. The van der Waals surface area contributed by atoms with Gasteiger partial charge in [-0.1, -0.05) is 32.4 Å². The van der Waals surface area contributed by atoms with Crippen LogP contribution in [0.4, 0.5) is 0 Å². The normalized spacial score (nSPS) is 35.6. The zero-order valence-corrected chi connectivity index (χ0v) is 12.7. The summed E-state index contributed by atoms with van der Waals surface area (Å²) in [5.74, 6) is 2.55. The van der Waals surface area contributed by atoms with Crippen LogP contribution in [0.2, 0.25) is 0 Å². The van der Waals surface area contributed by atoms with E-state index in [1.54, 1.807) is 5.57 Å². The fraction of sp³-hybridized carbons (Fsp3) is 0.875. The Balaban J connectivity index is 2.00. The second-order valence-electron chi connectivity index (χ2n) is 6.33. The first kappa shape index (κ1) is 14.1. The van der Waals surface area contributed by atoms with Crippen molar-refractivity contribution in [3.05, 3.63) is 11.6 Å². The molecule has 3 atom stereocenters. The van der Waals surface area contributed by atoms with Crippen molar-refractivity contribution in [2.24, 2.45) is 17.8 Å². The third-order valence-corrected chi connectivity index (χ3v) is 4.94. The molecule has 2 heterocycles. The summed E-state index contributed by atoms with van der Waals surface area (Å²) in [6, 6.07) is 0. The molecule has 2 heteroatoms. The molecule has 2 aliphatic heterocycles. The van der Waals surface area contributed by atoms with Crippen LogP contribution < -0.4 is 0 Å². The maximum absolute atomic E-state index is 2.61. The van der Waals surface area contributed by atoms with Crippen LogP contribution in [0.15, 0.2) is 11.6 Å². The van der Waals surface area contributed by atoms with Crippen LogP contribution in [0.1, 0.15) is 34.1 Å². The van der Waals surface area contributed by atoms with E-state index in [0.29, 0.717) is 0 Å². The van der Waals surface area contributed by atoms with E-state index >= 15 is 0 Å². The molecule has 2 nitrogen and oxygen atoms in total. The van der Waals surface area contributed by atoms with Gasteiger partial charge >= 0.3 is 0 Å². The van der Waals surface area contributed by atoms with Crippen molar-refractivity contribution in [3.8, 4) is 0 Å². The highest BCUT2D eigenvalue weighted by molar-refractivity contribution is 5.10. The number of likely N-dealkylation sites (tertiary alicyclic amines) is 1. The molecule has 0 amide bonds. The van der Waals surface area contributed by atoms with Gasteiger partial charge in [0.05, 0.1) is 0 Å². The molecule has 0 N–H and O–H groups in total. The summed E-state index contributed by atoms with van der Waals surface area (Å²) in [6.45, 7) is 16.8. The number of hydrogen-bond donors (Lipinski definition) is 0. The summed E-state index contributed by atoms with van der Waals surface area (Å²) in [5, 5.41) is 0. The molecule has 2 aliphatic rings. The zero-order valence-electron chi connectivity index (χ0n) is 12.7. The molecule has 0 unspecified atom stereocenters. The predicted octanol–water partition coefficient (Wildman–Crippen LogP) is 2.86. The zero-order chi connectivity index (χ0) is 13.1. The van der Waals surface area contributed by atoms with Crippen LogP contribution in [0, 0.1) is 17.8 Å². The lowest BCUT2D eigenvalue weighted by Gasteiger charge is -2.42. The highest BCUT2D eigenvalue weighted by atomic mass is 15.1. The third kappa shape index (κ3) is 3.16. The lowest BCUT2D eigenvalue weighted by Crippen LogP contribution is -2.45. The van der Waals surface area contributed by atoms with Gasteiger partial charge in [-0.05, 0) is 50.7 Å². The van der Waals surface area contributed by atoms with Gasteiger partial charge in [0.1, 0.15) is 0 Å². The Morgan fingerprint density at radius 2 is 1.89 bits per heavy atom. The summed E-state index contributed by atoms with van der Waals surface area (Å²) in [4.78, 5) is 5.22. The molecule has 104 valence electrons. The standard InChI is InChI=1S/C16H30N2/c1-5-17-8-7-16(14(4)11-17)15-9-13(3)10-18(6-2)12-15/h9,14-16H,5-8,10-12H2,1-4H3/t14-,15+,16-/m0/s1. The number of rotatable bonds is 3. The largest absolute Gasteiger partial charge is 0.303 e. The summed E-state index contributed by atoms with van der Waals surface area (Å²) >= 11 is 0. The summed E-state index contributed by atoms with van der Waals surface area (Å²) in [7, 11) is 0. The highest BCUT2D eigenvalue weighted by Crippen LogP contribution is 2.33. The van der Waals surface area contributed by atoms with Crippen molar-refractivity contribution in [2.75, 3.05) is 39.3 Å². The van der Waals surface area contributed by atoms with Crippen LogP contribution in [0.5, 0.6) is 0 Å². The molecule has 0 aliphatic carbocycles. The van der Waals surface area contributed by atoms with E-state index in [-0.39, 0.29) is 0 Å². The van der Waals surface area contributed by atoms with Gasteiger partial charge in [0.15, 0.2) is 0 Å². The molecule has 0 bridgehead atoms. The number of nitrogens with zero attached hydrogens (tertiary/aromatic N) is 2. The Kier molecular flexibility index (Phi) is 4.85. The van der Waals surface area contributed by atoms with Gasteiger partial charge in [0.2, 0.25) is 0 Å². The topological polar surface area (TPSA) is 6.48 Å². The molecular weight excluding hydrogens is 220 g/mol. The first-order valence-corrected chi connectivity index (χ1v) is 7.76. The Hall–Kier alpha value is -0.340. The average Bonchev–Trinajstić information content (AvgIpc) is 2.37. The molecule has 2 rings (SSSR count). The van der Waals surface area contributed by atoms with Gasteiger partial charge < -0.3 is 4.90 Å². The van der Waals surface area contributed by atoms with Crippen molar-refractivity contribution in [1.29, 1.82) is 0 Å². The molecule has 0 aromatic carbocycles. The SMILES string of the molecule is CCN1CC(C)=C[C@@H]([C@H]2CCN(CC)C[C@@H]2C)C1. The van der Waals surface area contributed by atoms with E-state index in [9.17, 15) is 0 Å². The molecule has 0 spiro atoms. The molecule has 0 aromatic rings. The van der Waals surface area contributed by atoms with Gasteiger partial charge in [-0.3, -0.25) is 4.90 Å². The maximum atomic E-state index is 2.61. The second-order valence-corrected chi connectivity index (χ2v) is 6.33. The smallest absolute Gasteiger partial charge is 0.0190 e. The monoisotopic (exact) mass is 250 g/mol.